The molecule has 1 amide bonds. The largest absolute Gasteiger partial charge is 0.550 e. The third kappa shape index (κ3) is 2.48. The number of aliphatic carboxylic acids is 1. The smallest absolute Gasteiger partial charge is 0.227 e. The third-order valence-corrected chi connectivity index (χ3v) is 5.73. The van der Waals surface area contributed by atoms with E-state index in [-0.39, 0.29) is 17.7 Å². The van der Waals surface area contributed by atoms with Crippen LogP contribution in [0.5, 0.6) is 0 Å². The highest BCUT2D eigenvalue weighted by molar-refractivity contribution is 5.86. The Morgan fingerprint density at radius 3 is 2.17 bits per heavy atom. The van der Waals surface area contributed by atoms with E-state index < -0.39 is 17.8 Å². The van der Waals surface area contributed by atoms with Gasteiger partial charge < -0.3 is 19.7 Å². The average Bonchev–Trinajstić information content (AvgIpc) is 3.23. The number of piperazine rings is 1. The Balaban J connectivity index is 1.43. The van der Waals surface area contributed by atoms with Gasteiger partial charge in [-0.3, -0.25) is 4.79 Å². The number of carboxylic acid groups (broad SMARTS) is 1. The zero-order valence-electron chi connectivity index (χ0n) is 13.5. The number of anilines is 1. The molecule has 24 heavy (non-hydrogen) atoms. The molecule has 1 aliphatic heterocycles. The van der Waals surface area contributed by atoms with Crippen molar-refractivity contribution < 1.29 is 14.7 Å². The van der Waals surface area contributed by atoms with Crippen molar-refractivity contribution in [2.75, 3.05) is 31.1 Å². The van der Waals surface area contributed by atoms with Crippen molar-refractivity contribution in [2.24, 2.45) is 23.7 Å². The molecule has 2 aliphatic carbocycles. The lowest BCUT2D eigenvalue weighted by Crippen LogP contribution is -2.53. The second-order valence-corrected chi connectivity index (χ2v) is 6.97. The molecule has 5 nitrogen and oxygen atoms in total. The molecule has 0 radical (unpaired) electrons. The lowest BCUT2D eigenvalue weighted by atomic mass is 9.82. The van der Waals surface area contributed by atoms with Gasteiger partial charge in [0, 0.05) is 43.8 Å². The van der Waals surface area contributed by atoms with Gasteiger partial charge in [0.05, 0.1) is 5.92 Å². The summed E-state index contributed by atoms with van der Waals surface area (Å²) in [5.74, 6) is -2.13. The first-order valence-electron chi connectivity index (χ1n) is 8.63. The number of para-hydroxylation sites is 1. The fraction of sp³-hybridized carbons (Fsp3) is 0.474. The number of carbonyl (C=O) groups excluding carboxylic acids is 2. The predicted octanol–water partition coefficient (Wildman–Crippen LogP) is 0.523. The highest BCUT2D eigenvalue weighted by atomic mass is 16.4. The molecular weight excluding hydrogens is 304 g/mol. The van der Waals surface area contributed by atoms with E-state index in [1.54, 1.807) is 0 Å². The molecule has 2 bridgehead atoms. The summed E-state index contributed by atoms with van der Waals surface area (Å²) in [6, 6.07) is 10.2. The summed E-state index contributed by atoms with van der Waals surface area (Å²) >= 11 is 0. The van der Waals surface area contributed by atoms with Crippen LogP contribution in [0.1, 0.15) is 6.42 Å². The summed E-state index contributed by atoms with van der Waals surface area (Å²) in [7, 11) is 0. The van der Waals surface area contributed by atoms with E-state index in [4.69, 9.17) is 0 Å². The minimum atomic E-state index is -1.08. The summed E-state index contributed by atoms with van der Waals surface area (Å²) in [5.41, 5.74) is 1.17. The summed E-state index contributed by atoms with van der Waals surface area (Å²) in [5, 5.41) is 11.5. The number of hydrogen-bond donors (Lipinski definition) is 0. The Labute approximate surface area is 141 Å². The van der Waals surface area contributed by atoms with E-state index in [1.165, 1.54) is 5.69 Å². The van der Waals surface area contributed by atoms with Crippen LogP contribution < -0.4 is 10.0 Å². The molecule has 0 aromatic heterocycles. The van der Waals surface area contributed by atoms with Crippen LogP contribution in [0, 0.1) is 23.7 Å². The van der Waals surface area contributed by atoms with E-state index in [0.29, 0.717) is 13.1 Å². The lowest BCUT2D eigenvalue weighted by Gasteiger charge is -2.39. The highest BCUT2D eigenvalue weighted by Gasteiger charge is 2.49. The lowest BCUT2D eigenvalue weighted by molar-refractivity contribution is -0.313. The maximum absolute atomic E-state index is 12.9. The topological polar surface area (TPSA) is 63.7 Å². The summed E-state index contributed by atoms with van der Waals surface area (Å²) in [4.78, 5) is 28.5. The average molecular weight is 325 g/mol. The van der Waals surface area contributed by atoms with Crippen molar-refractivity contribution in [2.45, 2.75) is 6.42 Å². The van der Waals surface area contributed by atoms with Crippen LogP contribution in [-0.2, 0) is 9.59 Å². The van der Waals surface area contributed by atoms with Gasteiger partial charge in [0.2, 0.25) is 5.91 Å². The van der Waals surface area contributed by atoms with Crippen LogP contribution in [0.2, 0.25) is 0 Å². The number of fused-ring (bicyclic) bond motifs is 2. The fourth-order valence-electron chi connectivity index (χ4n) is 4.51. The van der Waals surface area contributed by atoms with Crippen LogP contribution in [-0.4, -0.2) is 43.0 Å². The van der Waals surface area contributed by atoms with Crippen LogP contribution in [0.3, 0.4) is 0 Å². The molecule has 0 N–H and O–H groups in total. The van der Waals surface area contributed by atoms with Gasteiger partial charge in [-0.1, -0.05) is 30.4 Å². The molecule has 4 atom stereocenters. The van der Waals surface area contributed by atoms with Crippen molar-refractivity contribution in [1.29, 1.82) is 0 Å². The molecule has 126 valence electrons. The molecule has 5 heteroatoms. The molecule has 3 aliphatic rings. The predicted molar refractivity (Wildman–Crippen MR) is 88.0 cm³/mol. The maximum Gasteiger partial charge on any atom is 0.227 e. The SMILES string of the molecule is O=C([O-])[C@@H]1[C@H](C(=O)N2CCN(c3ccccc3)CC2)[C@@H]2C=C[C@H]1C2. The van der Waals surface area contributed by atoms with E-state index in [1.807, 2.05) is 35.3 Å². The molecule has 1 saturated carbocycles. The molecule has 1 aromatic rings. The second kappa shape index (κ2) is 5.96. The molecule has 1 saturated heterocycles. The number of hydrogen-bond acceptors (Lipinski definition) is 4. The van der Waals surface area contributed by atoms with Gasteiger partial charge in [0.15, 0.2) is 0 Å². The highest BCUT2D eigenvalue weighted by Crippen LogP contribution is 2.48. The Morgan fingerprint density at radius 2 is 1.54 bits per heavy atom. The monoisotopic (exact) mass is 325 g/mol. The number of carboxylic acids is 1. The number of benzene rings is 1. The van der Waals surface area contributed by atoms with Crippen LogP contribution >= 0.6 is 0 Å². The number of rotatable bonds is 3. The molecule has 4 rings (SSSR count). The van der Waals surface area contributed by atoms with Gasteiger partial charge in [-0.15, -0.1) is 0 Å². The molecule has 0 spiro atoms. The van der Waals surface area contributed by atoms with Crippen LogP contribution in [0.15, 0.2) is 42.5 Å². The van der Waals surface area contributed by atoms with E-state index >= 15 is 0 Å². The summed E-state index contributed by atoms with van der Waals surface area (Å²) in [6.45, 7) is 2.85. The van der Waals surface area contributed by atoms with E-state index in [0.717, 1.165) is 19.5 Å². The van der Waals surface area contributed by atoms with Crippen molar-refractivity contribution in [1.82, 2.24) is 4.90 Å². The minimum Gasteiger partial charge on any atom is -0.550 e. The normalized spacial score (nSPS) is 31.5. The molecular formula is C19H21N2O3-. The van der Waals surface area contributed by atoms with Gasteiger partial charge in [-0.25, -0.2) is 0 Å². The minimum absolute atomic E-state index is 0.00578. The first-order chi connectivity index (χ1) is 11.6. The van der Waals surface area contributed by atoms with Gasteiger partial charge in [0.25, 0.3) is 0 Å². The second-order valence-electron chi connectivity index (χ2n) is 6.97. The third-order valence-electron chi connectivity index (χ3n) is 5.73. The Bertz CT molecular complexity index is 664. The summed E-state index contributed by atoms with van der Waals surface area (Å²) in [6.07, 6.45) is 4.74. The zero-order chi connectivity index (χ0) is 16.7. The van der Waals surface area contributed by atoms with Crippen molar-refractivity contribution in [3.63, 3.8) is 0 Å². The number of carbonyl (C=O) groups is 2. The van der Waals surface area contributed by atoms with Gasteiger partial charge in [-0.05, 0) is 30.4 Å². The quantitative estimate of drug-likeness (QED) is 0.760. The van der Waals surface area contributed by atoms with Gasteiger partial charge in [-0.2, -0.15) is 0 Å². The molecule has 0 unspecified atom stereocenters. The molecule has 2 fully saturated rings. The number of nitrogens with zero attached hydrogens (tertiary/aromatic N) is 2. The maximum atomic E-state index is 12.9. The van der Waals surface area contributed by atoms with E-state index in [9.17, 15) is 14.7 Å². The van der Waals surface area contributed by atoms with Crippen molar-refractivity contribution >= 4 is 17.6 Å². The fourth-order valence-corrected chi connectivity index (χ4v) is 4.51. The first-order valence-corrected chi connectivity index (χ1v) is 8.63. The van der Waals surface area contributed by atoms with Crippen LogP contribution in [0.25, 0.3) is 0 Å². The zero-order valence-corrected chi connectivity index (χ0v) is 13.5. The van der Waals surface area contributed by atoms with Gasteiger partial charge >= 0.3 is 0 Å². The number of amides is 1. The Hall–Kier alpha value is -2.30. The molecule has 1 heterocycles. The Morgan fingerprint density at radius 1 is 0.917 bits per heavy atom. The van der Waals surface area contributed by atoms with Crippen molar-refractivity contribution in [3.8, 4) is 0 Å². The Kier molecular flexibility index (Phi) is 3.79. The van der Waals surface area contributed by atoms with Gasteiger partial charge in [0.1, 0.15) is 0 Å². The summed E-state index contributed by atoms with van der Waals surface area (Å²) < 4.78 is 0. The standard InChI is InChI=1S/C19H22N2O3/c22-18(16-13-6-7-14(12-13)17(16)19(23)24)21-10-8-20(9-11-21)15-4-2-1-3-5-15/h1-7,13-14,16-17H,8-12H2,(H,23,24)/p-1/t13-,14+,16-,17+/m1/s1. The van der Waals surface area contributed by atoms with E-state index in [2.05, 4.69) is 17.0 Å². The molecule has 1 aromatic carbocycles. The number of allylic oxidation sites excluding steroid dienone is 2. The van der Waals surface area contributed by atoms with Crippen molar-refractivity contribution in [3.05, 3.63) is 42.5 Å². The first kappa shape index (κ1) is 15.2. The van der Waals surface area contributed by atoms with Crippen LogP contribution in [0.4, 0.5) is 5.69 Å².